The molecule has 2 aliphatic heterocycles. The molecule has 0 aromatic heterocycles. The van der Waals surface area contributed by atoms with Crippen LogP contribution >= 0.6 is 0 Å². The summed E-state index contributed by atoms with van der Waals surface area (Å²) < 4.78 is 11.5. The van der Waals surface area contributed by atoms with Crippen molar-refractivity contribution in [2.24, 2.45) is 5.92 Å². The third-order valence-electron chi connectivity index (χ3n) is 5.00. The smallest absolute Gasteiger partial charge is 0.122 e. The van der Waals surface area contributed by atoms with Gasteiger partial charge in [-0.25, -0.2) is 0 Å². The van der Waals surface area contributed by atoms with Gasteiger partial charge in [-0.05, 0) is 44.4 Å². The zero-order valence-corrected chi connectivity index (χ0v) is 13.4. The van der Waals surface area contributed by atoms with Crippen LogP contribution in [0.15, 0.2) is 24.3 Å². The molecule has 1 N–H and O–H groups in total. The van der Waals surface area contributed by atoms with E-state index in [1.165, 1.54) is 12.0 Å². The highest BCUT2D eigenvalue weighted by atomic mass is 16.5. The standard InChI is InChI=1S/C18H27NO3/c1-14-5-2-3-7-18(14)22-12-10-19-9-4-6-16(19)15-13-21-11-8-17(15)20/h2-3,5,7,15-17,20H,4,6,8-13H2,1H3/t15-,16+,17+/m0/s1. The minimum absolute atomic E-state index is 0.211. The third-order valence-corrected chi connectivity index (χ3v) is 5.00. The van der Waals surface area contributed by atoms with Gasteiger partial charge >= 0.3 is 0 Å². The molecule has 1 aromatic rings. The molecule has 0 unspecified atom stereocenters. The maximum Gasteiger partial charge on any atom is 0.122 e. The first-order valence-electron chi connectivity index (χ1n) is 8.44. The molecule has 2 saturated heterocycles. The second-order valence-corrected chi connectivity index (χ2v) is 6.45. The van der Waals surface area contributed by atoms with Crippen molar-refractivity contribution in [1.82, 2.24) is 4.90 Å². The number of benzene rings is 1. The second kappa shape index (κ2) is 7.44. The quantitative estimate of drug-likeness (QED) is 0.906. The molecule has 22 heavy (non-hydrogen) atoms. The van der Waals surface area contributed by atoms with Gasteiger partial charge in [0.25, 0.3) is 0 Å². The van der Waals surface area contributed by atoms with Gasteiger partial charge in [-0.2, -0.15) is 0 Å². The lowest BCUT2D eigenvalue weighted by Gasteiger charge is -2.37. The van der Waals surface area contributed by atoms with E-state index in [9.17, 15) is 5.11 Å². The van der Waals surface area contributed by atoms with Crippen molar-refractivity contribution in [1.29, 1.82) is 0 Å². The Labute approximate surface area is 133 Å². The van der Waals surface area contributed by atoms with E-state index in [1.54, 1.807) is 0 Å². The summed E-state index contributed by atoms with van der Waals surface area (Å²) in [5.41, 5.74) is 1.18. The third kappa shape index (κ3) is 3.62. The maximum atomic E-state index is 10.2. The molecule has 122 valence electrons. The van der Waals surface area contributed by atoms with Crippen LogP contribution in [0.4, 0.5) is 0 Å². The van der Waals surface area contributed by atoms with Crippen molar-refractivity contribution < 1.29 is 14.6 Å². The first kappa shape index (κ1) is 15.8. The average molecular weight is 305 g/mol. The summed E-state index contributed by atoms with van der Waals surface area (Å²) in [7, 11) is 0. The Morgan fingerprint density at radius 1 is 1.32 bits per heavy atom. The fraction of sp³-hybridized carbons (Fsp3) is 0.667. The Bertz CT molecular complexity index is 479. The van der Waals surface area contributed by atoms with Crippen molar-refractivity contribution >= 4 is 0 Å². The molecule has 3 atom stereocenters. The van der Waals surface area contributed by atoms with Crippen LogP contribution in [0, 0.1) is 12.8 Å². The molecule has 0 bridgehead atoms. The summed E-state index contributed by atoms with van der Waals surface area (Å²) in [6, 6.07) is 8.58. The van der Waals surface area contributed by atoms with Gasteiger partial charge in [0.15, 0.2) is 0 Å². The molecule has 0 saturated carbocycles. The number of rotatable bonds is 5. The number of para-hydroxylation sites is 1. The Kier molecular flexibility index (Phi) is 5.34. The van der Waals surface area contributed by atoms with E-state index in [-0.39, 0.29) is 12.0 Å². The molecular formula is C18H27NO3. The van der Waals surface area contributed by atoms with Crippen LogP contribution in [0.1, 0.15) is 24.8 Å². The van der Waals surface area contributed by atoms with Gasteiger partial charge in [0.05, 0.1) is 12.7 Å². The van der Waals surface area contributed by atoms with Crippen LogP contribution in [0.3, 0.4) is 0 Å². The van der Waals surface area contributed by atoms with Crippen LogP contribution in [0.2, 0.25) is 0 Å². The zero-order valence-electron chi connectivity index (χ0n) is 13.4. The van der Waals surface area contributed by atoms with E-state index in [4.69, 9.17) is 9.47 Å². The Balaban J connectivity index is 1.52. The summed E-state index contributed by atoms with van der Waals surface area (Å²) in [5, 5.41) is 10.2. The minimum atomic E-state index is -0.211. The highest BCUT2D eigenvalue weighted by molar-refractivity contribution is 5.31. The zero-order chi connectivity index (χ0) is 15.4. The van der Waals surface area contributed by atoms with Gasteiger partial charge in [0, 0.05) is 25.1 Å². The number of aliphatic hydroxyl groups excluding tert-OH is 1. The number of likely N-dealkylation sites (tertiary alicyclic amines) is 1. The predicted molar refractivity (Wildman–Crippen MR) is 86.2 cm³/mol. The number of aliphatic hydroxyl groups is 1. The molecule has 2 heterocycles. The van der Waals surface area contributed by atoms with E-state index in [0.717, 1.165) is 31.7 Å². The number of nitrogens with zero attached hydrogens (tertiary/aromatic N) is 1. The van der Waals surface area contributed by atoms with Crippen LogP contribution < -0.4 is 4.74 Å². The SMILES string of the molecule is Cc1ccccc1OCCN1CCC[C@@H]1[C@@H]1COCC[C@H]1O. The number of hydrogen-bond acceptors (Lipinski definition) is 4. The molecule has 0 amide bonds. The van der Waals surface area contributed by atoms with Crippen molar-refractivity contribution in [3.63, 3.8) is 0 Å². The Morgan fingerprint density at radius 2 is 2.18 bits per heavy atom. The maximum absolute atomic E-state index is 10.2. The second-order valence-electron chi connectivity index (χ2n) is 6.45. The average Bonchev–Trinajstić information content (AvgIpc) is 2.98. The summed E-state index contributed by atoms with van der Waals surface area (Å²) in [4.78, 5) is 2.47. The molecule has 4 heteroatoms. The van der Waals surface area contributed by atoms with Crippen LogP contribution in [0.5, 0.6) is 5.75 Å². The predicted octanol–water partition coefficient (Wildman–Crippen LogP) is 2.24. The summed E-state index contributed by atoms with van der Waals surface area (Å²) in [6.07, 6.45) is 2.93. The fourth-order valence-electron chi connectivity index (χ4n) is 3.72. The van der Waals surface area contributed by atoms with Crippen molar-refractivity contribution in [3.05, 3.63) is 29.8 Å². The largest absolute Gasteiger partial charge is 0.492 e. The van der Waals surface area contributed by atoms with E-state index < -0.39 is 0 Å². The highest BCUT2D eigenvalue weighted by Gasteiger charge is 2.37. The monoisotopic (exact) mass is 305 g/mol. The molecule has 0 radical (unpaired) electrons. The van der Waals surface area contributed by atoms with E-state index in [2.05, 4.69) is 17.9 Å². The van der Waals surface area contributed by atoms with Gasteiger partial charge in [-0.3, -0.25) is 4.90 Å². The van der Waals surface area contributed by atoms with Crippen molar-refractivity contribution in [2.75, 3.05) is 32.9 Å². The first-order chi connectivity index (χ1) is 10.8. The Morgan fingerprint density at radius 3 is 3.00 bits per heavy atom. The van der Waals surface area contributed by atoms with Crippen LogP contribution in [-0.4, -0.2) is 55.1 Å². The molecule has 3 rings (SSSR count). The summed E-state index contributed by atoms with van der Waals surface area (Å²) >= 11 is 0. The highest BCUT2D eigenvalue weighted by Crippen LogP contribution is 2.29. The van der Waals surface area contributed by atoms with E-state index >= 15 is 0 Å². The number of ether oxygens (including phenoxy) is 2. The molecule has 4 nitrogen and oxygen atoms in total. The topological polar surface area (TPSA) is 41.9 Å². The number of aryl methyl sites for hydroxylation is 1. The van der Waals surface area contributed by atoms with Crippen LogP contribution in [-0.2, 0) is 4.74 Å². The molecule has 0 spiro atoms. The molecule has 0 aliphatic carbocycles. The first-order valence-corrected chi connectivity index (χ1v) is 8.44. The van der Waals surface area contributed by atoms with Crippen molar-refractivity contribution in [3.8, 4) is 5.75 Å². The van der Waals surface area contributed by atoms with Gasteiger partial charge in [-0.15, -0.1) is 0 Å². The Hall–Kier alpha value is -1.10. The van der Waals surface area contributed by atoms with Gasteiger partial charge in [0.1, 0.15) is 12.4 Å². The van der Waals surface area contributed by atoms with Gasteiger partial charge in [-0.1, -0.05) is 18.2 Å². The van der Waals surface area contributed by atoms with Crippen LogP contribution in [0.25, 0.3) is 0 Å². The molecule has 2 aliphatic rings. The van der Waals surface area contributed by atoms with E-state index in [1.807, 2.05) is 18.2 Å². The fourth-order valence-corrected chi connectivity index (χ4v) is 3.72. The molecular weight excluding hydrogens is 278 g/mol. The normalized spacial score (nSPS) is 29.6. The number of hydrogen-bond donors (Lipinski definition) is 1. The lowest BCUT2D eigenvalue weighted by atomic mass is 9.89. The summed E-state index contributed by atoms with van der Waals surface area (Å²) in [6.45, 7) is 6.18. The van der Waals surface area contributed by atoms with E-state index in [0.29, 0.717) is 25.9 Å². The minimum Gasteiger partial charge on any atom is -0.492 e. The van der Waals surface area contributed by atoms with Crippen molar-refractivity contribution in [2.45, 2.75) is 38.3 Å². The lowest BCUT2D eigenvalue weighted by Crippen LogP contribution is -2.47. The molecule has 2 fully saturated rings. The lowest BCUT2D eigenvalue weighted by molar-refractivity contribution is -0.0634. The van der Waals surface area contributed by atoms with Gasteiger partial charge < -0.3 is 14.6 Å². The summed E-state index contributed by atoms with van der Waals surface area (Å²) in [5.74, 6) is 1.23. The molecule has 1 aromatic carbocycles. The van der Waals surface area contributed by atoms with Gasteiger partial charge in [0.2, 0.25) is 0 Å².